The minimum Gasteiger partial charge on any atom is -0.481 e. The van der Waals surface area contributed by atoms with E-state index in [4.69, 9.17) is 10.2 Å². The first-order valence-corrected chi connectivity index (χ1v) is 3.02. The van der Waals surface area contributed by atoms with Crippen LogP contribution in [-0.4, -0.2) is 22.2 Å². The predicted molar refractivity (Wildman–Crippen MR) is 40.4 cm³/mol. The van der Waals surface area contributed by atoms with Gasteiger partial charge in [0.15, 0.2) is 0 Å². The molecule has 5 heteroatoms. The second-order valence-electron chi connectivity index (χ2n) is 1.83. The van der Waals surface area contributed by atoms with Crippen LogP contribution in [0.15, 0.2) is 12.2 Å². The summed E-state index contributed by atoms with van der Waals surface area (Å²) in [5, 5.41) is 15.6. The SMILES string of the molecule is C=C(C)C(=O)O.CCC(=O)O.[Zn]. The third-order valence-corrected chi connectivity index (χ3v) is 0.668. The first-order chi connectivity index (χ1) is 4.91. The molecule has 0 aromatic heterocycles. The van der Waals surface area contributed by atoms with Crippen molar-refractivity contribution in [1.29, 1.82) is 0 Å². The molecular weight excluding hydrogens is 213 g/mol. The molecule has 0 spiro atoms. The van der Waals surface area contributed by atoms with Crippen LogP contribution >= 0.6 is 0 Å². The Bertz CT molecular complexity index is 153. The van der Waals surface area contributed by atoms with Crippen LogP contribution in [-0.2, 0) is 29.1 Å². The van der Waals surface area contributed by atoms with Crippen molar-refractivity contribution >= 4 is 11.9 Å². The van der Waals surface area contributed by atoms with Gasteiger partial charge >= 0.3 is 11.9 Å². The molecule has 0 saturated heterocycles. The first-order valence-electron chi connectivity index (χ1n) is 3.02. The molecule has 0 unspecified atom stereocenters. The third kappa shape index (κ3) is 22.8. The number of rotatable bonds is 2. The van der Waals surface area contributed by atoms with Crippen molar-refractivity contribution < 1.29 is 39.3 Å². The monoisotopic (exact) mass is 224 g/mol. The van der Waals surface area contributed by atoms with Crippen molar-refractivity contribution in [2.75, 3.05) is 0 Å². The molecule has 2 N–H and O–H groups in total. The van der Waals surface area contributed by atoms with Crippen molar-refractivity contribution in [1.82, 2.24) is 0 Å². The van der Waals surface area contributed by atoms with E-state index in [1.807, 2.05) is 0 Å². The average Bonchev–Trinajstić information content (AvgIpc) is 1.89. The molecule has 0 amide bonds. The predicted octanol–water partition coefficient (Wildman–Crippen LogP) is 1.13. The molecular formula is C7H12O4Zn. The zero-order chi connectivity index (χ0) is 9.44. The smallest absolute Gasteiger partial charge is 0.330 e. The summed E-state index contributed by atoms with van der Waals surface area (Å²) in [5.41, 5.74) is 0.176. The van der Waals surface area contributed by atoms with Gasteiger partial charge in [0.1, 0.15) is 0 Å². The maximum atomic E-state index is 9.60. The van der Waals surface area contributed by atoms with Crippen LogP contribution in [0.5, 0.6) is 0 Å². The number of hydrogen-bond acceptors (Lipinski definition) is 2. The fourth-order valence-electron chi connectivity index (χ4n) is 0. The second kappa shape index (κ2) is 10.3. The summed E-state index contributed by atoms with van der Waals surface area (Å²) in [6, 6.07) is 0. The van der Waals surface area contributed by atoms with E-state index < -0.39 is 11.9 Å². The Labute approximate surface area is 84.0 Å². The van der Waals surface area contributed by atoms with Gasteiger partial charge in [-0.1, -0.05) is 13.5 Å². The molecule has 0 aromatic rings. The molecule has 0 rings (SSSR count). The Balaban J connectivity index is -0.000000126. The summed E-state index contributed by atoms with van der Waals surface area (Å²) in [7, 11) is 0. The topological polar surface area (TPSA) is 74.6 Å². The van der Waals surface area contributed by atoms with Crippen LogP contribution < -0.4 is 0 Å². The van der Waals surface area contributed by atoms with Crippen molar-refractivity contribution in [2.24, 2.45) is 0 Å². The maximum Gasteiger partial charge on any atom is 0.330 e. The Morgan fingerprint density at radius 3 is 1.50 bits per heavy atom. The normalized spacial score (nSPS) is 6.83. The summed E-state index contributed by atoms with van der Waals surface area (Å²) in [6.07, 6.45) is 0.222. The van der Waals surface area contributed by atoms with E-state index in [1.54, 1.807) is 6.92 Å². The molecule has 0 heterocycles. The van der Waals surface area contributed by atoms with Gasteiger partial charge in [-0.3, -0.25) is 4.79 Å². The third-order valence-electron chi connectivity index (χ3n) is 0.668. The van der Waals surface area contributed by atoms with Gasteiger partial charge in [0.25, 0.3) is 0 Å². The van der Waals surface area contributed by atoms with E-state index in [2.05, 4.69) is 6.58 Å². The molecule has 0 fully saturated rings. The van der Waals surface area contributed by atoms with E-state index in [0.717, 1.165) is 0 Å². The van der Waals surface area contributed by atoms with Crippen LogP contribution in [0.3, 0.4) is 0 Å². The fourth-order valence-corrected chi connectivity index (χ4v) is 0. The summed E-state index contributed by atoms with van der Waals surface area (Å²) in [5.74, 6) is -1.68. The molecule has 0 radical (unpaired) electrons. The van der Waals surface area contributed by atoms with Gasteiger partial charge in [-0.05, 0) is 6.92 Å². The number of carbonyl (C=O) groups is 2. The largest absolute Gasteiger partial charge is 0.481 e. The van der Waals surface area contributed by atoms with Crippen molar-refractivity contribution in [3.05, 3.63) is 12.2 Å². The Morgan fingerprint density at radius 2 is 1.50 bits per heavy atom. The second-order valence-corrected chi connectivity index (χ2v) is 1.83. The molecule has 0 atom stereocenters. The van der Waals surface area contributed by atoms with E-state index >= 15 is 0 Å². The summed E-state index contributed by atoms with van der Waals surface area (Å²) in [6.45, 7) is 6.20. The van der Waals surface area contributed by atoms with Crippen molar-refractivity contribution in [3.8, 4) is 0 Å². The fraction of sp³-hybridized carbons (Fsp3) is 0.429. The average molecular weight is 226 g/mol. The van der Waals surface area contributed by atoms with Gasteiger partial charge < -0.3 is 10.2 Å². The van der Waals surface area contributed by atoms with E-state index in [0.29, 0.717) is 0 Å². The molecule has 0 aliphatic heterocycles. The Hall–Kier alpha value is -0.697. The van der Waals surface area contributed by atoms with Crippen LogP contribution in [0.1, 0.15) is 20.3 Å². The quantitative estimate of drug-likeness (QED) is 0.546. The van der Waals surface area contributed by atoms with Crippen molar-refractivity contribution in [3.63, 3.8) is 0 Å². The van der Waals surface area contributed by atoms with E-state index in [-0.39, 0.29) is 31.5 Å². The number of hydrogen-bond donors (Lipinski definition) is 2. The summed E-state index contributed by atoms with van der Waals surface area (Å²) >= 11 is 0. The van der Waals surface area contributed by atoms with Gasteiger partial charge in [-0.15, -0.1) is 0 Å². The summed E-state index contributed by atoms with van der Waals surface area (Å²) in [4.78, 5) is 19.0. The van der Waals surface area contributed by atoms with Gasteiger partial charge in [0.2, 0.25) is 0 Å². The Kier molecular flexibility index (Phi) is 14.9. The first kappa shape index (κ1) is 17.4. The van der Waals surface area contributed by atoms with Gasteiger partial charge in [0.05, 0.1) is 0 Å². The molecule has 66 valence electrons. The number of carboxylic acid groups (broad SMARTS) is 2. The van der Waals surface area contributed by atoms with E-state index in [9.17, 15) is 9.59 Å². The van der Waals surface area contributed by atoms with Crippen LogP contribution in [0, 0.1) is 0 Å². The van der Waals surface area contributed by atoms with Crippen molar-refractivity contribution in [2.45, 2.75) is 20.3 Å². The molecule has 0 aliphatic carbocycles. The zero-order valence-corrected chi connectivity index (χ0v) is 10.3. The molecule has 12 heavy (non-hydrogen) atoms. The molecule has 0 aliphatic rings. The minimum absolute atomic E-state index is 0. The number of aliphatic carboxylic acids is 2. The van der Waals surface area contributed by atoms with Gasteiger partial charge in [-0.2, -0.15) is 0 Å². The molecule has 4 nitrogen and oxygen atoms in total. The molecule has 0 saturated carbocycles. The summed E-state index contributed by atoms with van der Waals surface area (Å²) < 4.78 is 0. The van der Waals surface area contributed by atoms with Crippen LogP contribution in [0.25, 0.3) is 0 Å². The van der Waals surface area contributed by atoms with Crippen LogP contribution in [0.2, 0.25) is 0 Å². The Morgan fingerprint density at radius 1 is 1.33 bits per heavy atom. The molecule has 0 bridgehead atoms. The van der Waals surface area contributed by atoms with Crippen LogP contribution in [0.4, 0.5) is 0 Å². The zero-order valence-electron chi connectivity index (χ0n) is 7.33. The molecule has 0 aromatic carbocycles. The minimum atomic E-state index is -0.935. The maximum absolute atomic E-state index is 9.60. The van der Waals surface area contributed by atoms with E-state index in [1.165, 1.54) is 6.92 Å². The van der Waals surface area contributed by atoms with Gasteiger partial charge in [0, 0.05) is 31.5 Å². The number of carboxylic acids is 2. The standard InChI is InChI=1S/C4H6O2.C3H6O2.Zn/c1-3(2)4(5)6;1-2-3(4)5;/h1H2,2H3,(H,5,6);2H2,1H3,(H,4,5);. The van der Waals surface area contributed by atoms with Gasteiger partial charge in [-0.25, -0.2) is 4.79 Å².